The van der Waals surface area contributed by atoms with Crippen LogP contribution >= 0.6 is 0 Å². The third-order valence-corrected chi connectivity index (χ3v) is 2.50. The fourth-order valence-electron chi connectivity index (χ4n) is 1.81. The molecular weight excluding hydrogens is 154 g/mol. The third-order valence-electron chi connectivity index (χ3n) is 2.50. The summed E-state index contributed by atoms with van der Waals surface area (Å²) in [4.78, 5) is 1.99. The van der Waals surface area contributed by atoms with E-state index in [1.165, 1.54) is 0 Å². The summed E-state index contributed by atoms with van der Waals surface area (Å²) in [5.74, 6) is 0. The van der Waals surface area contributed by atoms with Gasteiger partial charge in [-0.3, -0.25) is 0 Å². The van der Waals surface area contributed by atoms with Gasteiger partial charge in [-0.2, -0.15) is 0 Å². The summed E-state index contributed by atoms with van der Waals surface area (Å²) in [6, 6.07) is 0.493. The molecule has 0 aromatic heterocycles. The van der Waals surface area contributed by atoms with Gasteiger partial charge in [0.2, 0.25) is 6.35 Å². The summed E-state index contributed by atoms with van der Waals surface area (Å²) in [6.07, 6.45) is 5.45. The summed E-state index contributed by atoms with van der Waals surface area (Å²) < 4.78 is 0. The molecule has 0 radical (unpaired) electrons. The SMILES string of the molecule is OC1NC=CN1C1CCNCC1. The van der Waals surface area contributed by atoms with Crippen molar-refractivity contribution in [2.24, 2.45) is 0 Å². The van der Waals surface area contributed by atoms with Gasteiger partial charge in [0.05, 0.1) is 0 Å². The van der Waals surface area contributed by atoms with E-state index >= 15 is 0 Å². The molecule has 0 bridgehead atoms. The molecule has 1 fully saturated rings. The summed E-state index contributed by atoms with van der Waals surface area (Å²) in [5, 5.41) is 15.6. The Morgan fingerprint density at radius 2 is 2.08 bits per heavy atom. The highest BCUT2D eigenvalue weighted by atomic mass is 16.3. The molecule has 2 rings (SSSR count). The first-order valence-electron chi connectivity index (χ1n) is 4.47. The predicted octanol–water partition coefficient (Wildman–Crippen LogP) is -0.609. The van der Waals surface area contributed by atoms with Gasteiger partial charge in [-0.05, 0) is 25.9 Å². The number of nitrogens with one attached hydrogen (secondary N) is 2. The van der Waals surface area contributed by atoms with Gasteiger partial charge in [-0.15, -0.1) is 0 Å². The second-order valence-electron chi connectivity index (χ2n) is 3.28. The van der Waals surface area contributed by atoms with E-state index in [-0.39, 0.29) is 0 Å². The lowest BCUT2D eigenvalue weighted by atomic mass is 10.1. The van der Waals surface area contributed by atoms with Crippen LogP contribution in [0.4, 0.5) is 0 Å². The second-order valence-corrected chi connectivity index (χ2v) is 3.28. The number of rotatable bonds is 1. The molecule has 4 nitrogen and oxygen atoms in total. The van der Waals surface area contributed by atoms with Crippen LogP contribution in [0.3, 0.4) is 0 Å². The second kappa shape index (κ2) is 3.33. The molecule has 0 amide bonds. The van der Waals surface area contributed by atoms with Crippen molar-refractivity contribution in [2.75, 3.05) is 13.1 Å². The van der Waals surface area contributed by atoms with E-state index in [4.69, 9.17) is 0 Å². The van der Waals surface area contributed by atoms with Gasteiger partial charge in [0.25, 0.3) is 0 Å². The van der Waals surface area contributed by atoms with Crippen LogP contribution in [0, 0.1) is 0 Å². The molecule has 4 heteroatoms. The highest BCUT2D eigenvalue weighted by molar-refractivity contribution is 4.94. The Balaban J connectivity index is 1.93. The Morgan fingerprint density at radius 1 is 1.33 bits per heavy atom. The molecule has 68 valence electrons. The van der Waals surface area contributed by atoms with E-state index in [1.807, 2.05) is 11.1 Å². The van der Waals surface area contributed by atoms with Gasteiger partial charge in [0, 0.05) is 18.4 Å². The number of hydrogen-bond acceptors (Lipinski definition) is 4. The van der Waals surface area contributed by atoms with Crippen LogP contribution in [0.25, 0.3) is 0 Å². The van der Waals surface area contributed by atoms with Crippen molar-refractivity contribution < 1.29 is 5.11 Å². The minimum absolute atomic E-state index is 0.493. The summed E-state index contributed by atoms with van der Waals surface area (Å²) in [7, 11) is 0. The number of nitrogens with zero attached hydrogens (tertiary/aromatic N) is 1. The van der Waals surface area contributed by atoms with E-state index < -0.39 is 6.35 Å². The van der Waals surface area contributed by atoms with E-state index in [0.29, 0.717) is 6.04 Å². The van der Waals surface area contributed by atoms with Crippen molar-refractivity contribution in [1.82, 2.24) is 15.5 Å². The minimum Gasteiger partial charge on any atom is -0.356 e. The summed E-state index contributed by atoms with van der Waals surface area (Å²) >= 11 is 0. The van der Waals surface area contributed by atoms with Crippen LogP contribution in [0.1, 0.15) is 12.8 Å². The molecule has 12 heavy (non-hydrogen) atoms. The molecule has 3 N–H and O–H groups in total. The molecule has 1 saturated heterocycles. The first-order chi connectivity index (χ1) is 5.88. The molecule has 2 heterocycles. The normalized spacial score (nSPS) is 30.8. The lowest BCUT2D eigenvalue weighted by Crippen LogP contribution is -2.46. The zero-order chi connectivity index (χ0) is 8.39. The Bertz CT molecular complexity index is 177. The minimum atomic E-state index is -0.506. The summed E-state index contributed by atoms with van der Waals surface area (Å²) in [5.41, 5.74) is 0. The van der Waals surface area contributed by atoms with Gasteiger partial charge in [-0.1, -0.05) is 0 Å². The fourth-order valence-corrected chi connectivity index (χ4v) is 1.81. The number of piperidine rings is 1. The highest BCUT2D eigenvalue weighted by Crippen LogP contribution is 2.15. The molecular formula is C8H15N3O. The Morgan fingerprint density at radius 3 is 2.67 bits per heavy atom. The number of aliphatic hydroxyl groups is 1. The Labute approximate surface area is 72.2 Å². The van der Waals surface area contributed by atoms with Crippen LogP contribution in [0.5, 0.6) is 0 Å². The number of hydrogen-bond donors (Lipinski definition) is 3. The van der Waals surface area contributed by atoms with Crippen molar-refractivity contribution in [3.8, 4) is 0 Å². The quantitative estimate of drug-likeness (QED) is 0.490. The lowest BCUT2D eigenvalue weighted by molar-refractivity contribution is 0.00186. The van der Waals surface area contributed by atoms with Crippen LogP contribution in [0.15, 0.2) is 12.4 Å². The lowest BCUT2D eigenvalue weighted by Gasteiger charge is -2.33. The first-order valence-corrected chi connectivity index (χ1v) is 4.47. The van der Waals surface area contributed by atoms with Gasteiger partial charge in [-0.25, -0.2) is 0 Å². The summed E-state index contributed by atoms with van der Waals surface area (Å²) in [6.45, 7) is 2.11. The molecule has 1 unspecified atom stereocenters. The number of aliphatic hydroxyl groups excluding tert-OH is 1. The van der Waals surface area contributed by atoms with Crippen molar-refractivity contribution >= 4 is 0 Å². The maximum Gasteiger partial charge on any atom is 0.204 e. The predicted molar refractivity (Wildman–Crippen MR) is 46.0 cm³/mol. The van der Waals surface area contributed by atoms with Crippen molar-refractivity contribution in [3.63, 3.8) is 0 Å². The maximum atomic E-state index is 9.47. The zero-order valence-electron chi connectivity index (χ0n) is 7.03. The molecule has 0 aromatic carbocycles. The fraction of sp³-hybridized carbons (Fsp3) is 0.750. The van der Waals surface area contributed by atoms with Crippen molar-refractivity contribution in [2.45, 2.75) is 25.2 Å². The van der Waals surface area contributed by atoms with Gasteiger partial charge in [0.1, 0.15) is 0 Å². The largest absolute Gasteiger partial charge is 0.356 e. The first kappa shape index (κ1) is 7.89. The van der Waals surface area contributed by atoms with Crippen LogP contribution in [0.2, 0.25) is 0 Å². The van der Waals surface area contributed by atoms with Gasteiger partial charge < -0.3 is 20.6 Å². The smallest absolute Gasteiger partial charge is 0.204 e. The van der Waals surface area contributed by atoms with Gasteiger partial charge in [0.15, 0.2) is 0 Å². The molecule has 0 saturated carbocycles. The Hall–Kier alpha value is -0.740. The van der Waals surface area contributed by atoms with Crippen LogP contribution in [-0.2, 0) is 0 Å². The molecule has 0 aliphatic carbocycles. The average Bonchev–Trinajstić information content (AvgIpc) is 2.53. The van der Waals surface area contributed by atoms with Crippen LogP contribution in [-0.4, -0.2) is 35.5 Å². The van der Waals surface area contributed by atoms with E-state index in [9.17, 15) is 5.11 Å². The highest BCUT2D eigenvalue weighted by Gasteiger charge is 2.25. The standard InChI is InChI=1S/C8H15N3O/c12-8-10-5-6-11(8)7-1-3-9-4-2-7/h5-10,12H,1-4H2. The zero-order valence-corrected chi connectivity index (χ0v) is 7.03. The van der Waals surface area contributed by atoms with E-state index in [0.717, 1.165) is 25.9 Å². The topological polar surface area (TPSA) is 47.5 Å². The third kappa shape index (κ3) is 1.40. The van der Waals surface area contributed by atoms with E-state index in [1.54, 1.807) is 6.20 Å². The van der Waals surface area contributed by atoms with Crippen molar-refractivity contribution in [3.05, 3.63) is 12.4 Å². The monoisotopic (exact) mass is 169 g/mol. The molecule has 1 atom stereocenters. The van der Waals surface area contributed by atoms with E-state index in [2.05, 4.69) is 10.6 Å². The molecule has 2 aliphatic heterocycles. The van der Waals surface area contributed by atoms with Gasteiger partial charge >= 0.3 is 0 Å². The molecule has 0 spiro atoms. The molecule has 0 aromatic rings. The molecule has 2 aliphatic rings. The van der Waals surface area contributed by atoms with Crippen LogP contribution < -0.4 is 10.6 Å². The van der Waals surface area contributed by atoms with Crippen molar-refractivity contribution in [1.29, 1.82) is 0 Å². The average molecular weight is 169 g/mol. The maximum absolute atomic E-state index is 9.47. The Kier molecular flexibility index (Phi) is 2.19.